The second-order valence-corrected chi connectivity index (χ2v) is 9.45. The van der Waals surface area contributed by atoms with Crippen molar-refractivity contribution in [1.29, 1.82) is 5.26 Å². The lowest BCUT2D eigenvalue weighted by Gasteiger charge is -2.04. The number of unbranched alkanes of at least 4 members (excludes halogenated alkanes) is 9. The van der Waals surface area contributed by atoms with E-state index in [1.54, 1.807) is 17.6 Å². The van der Waals surface area contributed by atoms with Crippen LogP contribution in [0.5, 0.6) is 0 Å². The highest BCUT2D eigenvalue weighted by Crippen LogP contribution is 2.18. The molecule has 0 aliphatic carbocycles. The summed E-state index contributed by atoms with van der Waals surface area (Å²) in [5, 5.41) is 10.5. The van der Waals surface area contributed by atoms with Crippen LogP contribution in [-0.2, 0) is 25.1 Å². The molecule has 1 unspecified atom stereocenters. The van der Waals surface area contributed by atoms with Gasteiger partial charge in [0.25, 0.3) is 10.1 Å². The van der Waals surface area contributed by atoms with Crippen LogP contribution in [0.4, 0.5) is 0 Å². The smallest absolute Gasteiger partial charge is 0.198 e. The number of allylic oxidation sites excluding steroid dienone is 3. The van der Waals surface area contributed by atoms with Gasteiger partial charge in [-0.3, -0.25) is 0 Å². The van der Waals surface area contributed by atoms with Crippen molar-refractivity contribution in [3.05, 3.63) is 22.5 Å². The molecule has 0 amide bonds. The van der Waals surface area contributed by atoms with Crippen LogP contribution in [0.2, 0.25) is 0 Å². The van der Waals surface area contributed by atoms with Gasteiger partial charge in [-0.15, -0.1) is 4.28 Å². The predicted octanol–water partition coefficient (Wildman–Crippen LogP) is 5.30. The molecule has 0 radical (unpaired) electrons. The number of nitrogens with zero attached hydrogens (tertiary/aromatic N) is 2. The van der Waals surface area contributed by atoms with Gasteiger partial charge >= 0.3 is 0 Å². The average Bonchev–Trinajstić information content (AvgIpc) is 3.02. The molecule has 0 aromatic carbocycles. The van der Waals surface area contributed by atoms with Gasteiger partial charge in [-0.1, -0.05) is 75.3 Å². The Hall–Kier alpha value is -0.970. The molecule has 142 valence electrons. The molecule has 1 aliphatic rings. The first-order chi connectivity index (χ1) is 12.1. The van der Waals surface area contributed by atoms with Gasteiger partial charge < -0.3 is 0 Å². The molecule has 0 bridgehead atoms. The molecule has 1 rings (SSSR count). The fourth-order valence-corrected chi connectivity index (χ4v) is 4.79. The number of rotatable bonds is 14. The van der Waals surface area contributed by atoms with Crippen LogP contribution in [0.25, 0.3) is 0 Å². The van der Waals surface area contributed by atoms with E-state index in [1.165, 1.54) is 44.9 Å². The summed E-state index contributed by atoms with van der Waals surface area (Å²) in [5.74, 6) is 0.00517. The van der Waals surface area contributed by atoms with Gasteiger partial charge in [0, 0.05) is 4.91 Å². The first-order valence-electron chi connectivity index (χ1n) is 9.19. The standard InChI is InChI=1S/C18H30N2O3S2/c1-2-3-4-5-6-7-8-9-10-11-17-25(21,22)23-20-24-16-12-13-18(24)14-15-19/h12-13,16H,2-11,14,17H2,1H3. The molecule has 0 N–H and O–H groups in total. The van der Waals surface area contributed by atoms with E-state index >= 15 is 0 Å². The average molecular weight is 387 g/mol. The summed E-state index contributed by atoms with van der Waals surface area (Å²) < 4.78 is 32.3. The Balaban J connectivity index is 2.13. The highest BCUT2D eigenvalue weighted by Gasteiger charge is 2.13. The summed E-state index contributed by atoms with van der Waals surface area (Å²) in [5.41, 5.74) is 0. The highest BCUT2D eigenvalue weighted by atomic mass is 32.2. The SMILES string of the molecule is CCCCCCCCCCCCS(=O)(=O)O/N=S1\C=CC=C1CC#N. The van der Waals surface area contributed by atoms with Crippen LogP contribution in [0.1, 0.15) is 77.6 Å². The summed E-state index contributed by atoms with van der Waals surface area (Å²) in [7, 11) is -4.36. The largest absolute Gasteiger partial charge is 0.290 e. The van der Waals surface area contributed by atoms with Crippen molar-refractivity contribution >= 4 is 20.8 Å². The molecule has 0 aromatic heterocycles. The number of hydrogen-bond acceptors (Lipinski definition) is 5. The third kappa shape index (κ3) is 10.6. The van der Waals surface area contributed by atoms with Crippen molar-refractivity contribution in [3.63, 3.8) is 0 Å². The maximum absolute atomic E-state index is 11.9. The van der Waals surface area contributed by atoms with Gasteiger partial charge in [-0.25, -0.2) is 0 Å². The van der Waals surface area contributed by atoms with Crippen molar-refractivity contribution in [2.24, 2.45) is 4.53 Å². The predicted molar refractivity (Wildman–Crippen MR) is 104 cm³/mol. The Morgan fingerprint density at radius 3 is 2.28 bits per heavy atom. The molecular weight excluding hydrogens is 356 g/mol. The molecule has 0 aromatic rings. The Morgan fingerprint density at radius 2 is 1.68 bits per heavy atom. The monoisotopic (exact) mass is 386 g/mol. The Morgan fingerprint density at radius 1 is 1.08 bits per heavy atom. The summed E-state index contributed by atoms with van der Waals surface area (Å²) in [6, 6.07) is 2.04. The van der Waals surface area contributed by atoms with Crippen molar-refractivity contribution in [3.8, 4) is 6.07 Å². The van der Waals surface area contributed by atoms with E-state index < -0.39 is 20.8 Å². The van der Waals surface area contributed by atoms with Gasteiger partial charge in [0.15, 0.2) is 0 Å². The van der Waals surface area contributed by atoms with Gasteiger partial charge in [0.1, 0.15) is 0 Å². The molecule has 1 heterocycles. The van der Waals surface area contributed by atoms with Gasteiger partial charge in [0.2, 0.25) is 0 Å². The third-order valence-electron chi connectivity index (χ3n) is 3.98. The van der Waals surface area contributed by atoms with Gasteiger partial charge in [-0.05, 0) is 28.6 Å². The van der Waals surface area contributed by atoms with Crippen LogP contribution in [0.3, 0.4) is 0 Å². The summed E-state index contributed by atoms with van der Waals surface area (Å²) in [4.78, 5) is 0.789. The minimum Gasteiger partial charge on any atom is -0.198 e. The lowest BCUT2D eigenvalue weighted by atomic mass is 10.1. The topological polar surface area (TPSA) is 79.5 Å². The van der Waals surface area contributed by atoms with Crippen LogP contribution < -0.4 is 0 Å². The molecule has 1 atom stereocenters. The van der Waals surface area contributed by atoms with Crippen molar-refractivity contribution in [2.45, 2.75) is 77.6 Å². The molecule has 1 aliphatic heterocycles. The fraction of sp³-hybridized carbons (Fsp3) is 0.722. The Labute approximate surface area is 155 Å². The summed E-state index contributed by atoms with van der Waals surface area (Å²) >= 11 is 0. The van der Waals surface area contributed by atoms with Gasteiger partial charge in [-0.2, -0.15) is 13.7 Å². The molecule has 0 saturated carbocycles. The van der Waals surface area contributed by atoms with Crippen molar-refractivity contribution < 1.29 is 12.7 Å². The highest BCUT2D eigenvalue weighted by molar-refractivity contribution is 7.94. The third-order valence-corrected chi connectivity index (χ3v) is 6.64. The molecule has 0 saturated heterocycles. The van der Waals surface area contributed by atoms with E-state index in [-0.39, 0.29) is 12.2 Å². The van der Waals surface area contributed by atoms with E-state index in [2.05, 4.69) is 11.4 Å². The lowest BCUT2D eigenvalue weighted by molar-refractivity contribution is 0.345. The van der Waals surface area contributed by atoms with E-state index in [1.807, 2.05) is 6.07 Å². The quantitative estimate of drug-likeness (QED) is 0.300. The minimum atomic E-state index is -3.62. The van der Waals surface area contributed by atoms with Gasteiger partial charge in [0.05, 0.1) is 18.2 Å². The lowest BCUT2D eigenvalue weighted by Crippen LogP contribution is -2.08. The molecular formula is C18H30N2O3S2. The first kappa shape index (κ1) is 22.1. The molecule has 0 spiro atoms. The Bertz CT molecular complexity index is 617. The zero-order valence-corrected chi connectivity index (χ0v) is 16.8. The van der Waals surface area contributed by atoms with E-state index in [4.69, 9.17) is 9.55 Å². The van der Waals surface area contributed by atoms with E-state index in [0.717, 1.165) is 17.7 Å². The maximum Gasteiger partial charge on any atom is 0.290 e. The summed E-state index contributed by atoms with van der Waals surface area (Å²) in [6.07, 6.45) is 15.3. The second-order valence-electron chi connectivity index (χ2n) is 6.20. The summed E-state index contributed by atoms with van der Waals surface area (Å²) in [6.45, 7) is 2.22. The van der Waals surface area contributed by atoms with Crippen molar-refractivity contribution in [2.75, 3.05) is 5.75 Å². The van der Waals surface area contributed by atoms with Crippen LogP contribution >= 0.6 is 0 Å². The fourth-order valence-electron chi connectivity index (χ4n) is 2.54. The normalized spacial score (nSPS) is 17.0. The minimum absolute atomic E-state index is 0.00517. The number of hydrogen-bond donors (Lipinski definition) is 0. The van der Waals surface area contributed by atoms with E-state index in [9.17, 15) is 8.42 Å². The van der Waals surface area contributed by atoms with Crippen molar-refractivity contribution in [1.82, 2.24) is 0 Å². The van der Waals surface area contributed by atoms with Crippen LogP contribution in [0.15, 0.2) is 27.0 Å². The second kappa shape index (κ2) is 13.3. The first-order valence-corrected chi connectivity index (χ1v) is 12.0. The molecule has 0 fully saturated rings. The maximum atomic E-state index is 11.9. The Kier molecular flexibility index (Phi) is 11.7. The van der Waals surface area contributed by atoms with E-state index in [0.29, 0.717) is 6.42 Å². The molecule has 5 nitrogen and oxygen atoms in total. The number of nitriles is 1. The zero-order chi connectivity index (χ0) is 18.4. The van der Waals surface area contributed by atoms with Crippen LogP contribution in [-0.4, -0.2) is 14.2 Å². The van der Waals surface area contributed by atoms with Crippen LogP contribution in [0, 0.1) is 11.3 Å². The molecule has 25 heavy (non-hydrogen) atoms. The zero-order valence-electron chi connectivity index (χ0n) is 15.2. The molecule has 7 heteroatoms.